The SMILES string of the molecule is CC1=NN(c2ccc([N+](=O)[O-])cc2)C(=O)[C@@H]1C=NCCc1c[nH]c2ccccc12. The van der Waals surface area contributed by atoms with Gasteiger partial charge in [0, 0.05) is 42.0 Å². The van der Waals surface area contributed by atoms with Crippen LogP contribution in [0, 0.1) is 16.0 Å². The van der Waals surface area contributed by atoms with Crippen molar-refractivity contribution in [3.63, 3.8) is 0 Å². The Morgan fingerprint density at radius 2 is 2.00 bits per heavy atom. The van der Waals surface area contributed by atoms with Crippen LogP contribution < -0.4 is 5.01 Å². The van der Waals surface area contributed by atoms with Crippen LogP contribution >= 0.6 is 0 Å². The number of hydrazone groups is 1. The third-order valence-electron chi connectivity index (χ3n) is 4.93. The van der Waals surface area contributed by atoms with Gasteiger partial charge in [0.1, 0.15) is 5.92 Å². The Labute approximate surface area is 166 Å². The summed E-state index contributed by atoms with van der Waals surface area (Å²) in [5.41, 5.74) is 3.39. The molecule has 2 heterocycles. The predicted octanol–water partition coefficient (Wildman–Crippen LogP) is 3.73. The predicted molar refractivity (Wildman–Crippen MR) is 113 cm³/mol. The molecule has 1 aliphatic rings. The van der Waals surface area contributed by atoms with Gasteiger partial charge in [0.15, 0.2) is 0 Å². The summed E-state index contributed by atoms with van der Waals surface area (Å²) in [5, 5.41) is 17.5. The first-order valence-electron chi connectivity index (χ1n) is 9.23. The molecule has 8 nitrogen and oxygen atoms in total. The van der Waals surface area contributed by atoms with E-state index in [1.807, 2.05) is 24.4 Å². The number of aromatic amines is 1. The van der Waals surface area contributed by atoms with Crippen molar-refractivity contribution in [2.24, 2.45) is 16.0 Å². The Balaban J connectivity index is 1.41. The van der Waals surface area contributed by atoms with Gasteiger partial charge in [0.05, 0.1) is 16.3 Å². The number of hydrogen-bond acceptors (Lipinski definition) is 5. The Morgan fingerprint density at radius 1 is 1.24 bits per heavy atom. The lowest BCUT2D eigenvalue weighted by atomic mass is 10.1. The van der Waals surface area contributed by atoms with E-state index in [-0.39, 0.29) is 11.6 Å². The van der Waals surface area contributed by atoms with Crippen LogP contribution in [-0.4, -0.2) is 34.3 Å². The third-order valence-corrected chi connectivity index (χ3v) is 4.93. The second kappa shape index (κ2) is 7.67. The molecule has 0 bridgehead atoms. The second-order valence-electron chi connectivity index (χ2n) is 6.81. The van der Waals surface area contributed by atoms with Crippen LogP contribution in [-0.2, 0) is 11.2 Å². The van der Waals surface area contributed by atoms with Gasteiger partial charge in [0.25, 0.3) is 11.6 Å². The number of aromatic nitrogens is 1. The summed E-state index contributed by atoms with van der Waals surface area (Å²) < 4.78 is 0. The summed E-state index contributed by atoms with van der Waals surface area (Å²) >= 11 is 0. The monoisotopic (exact) mass is 389 g/mol. The summed E-state index contributed by atoms with van der Waals surface area (Å²) in [6.45, 7) is 2.34. The zero-order valence-corrected chi connectivity index (χ0v) is 15.8. The fourth-order valence-corrected chi connectivity index (χ4v) is 3.36. The number of rotatable bonds is 6. The maximum Gasteiger partial charge on any atom is 0.269 e. The summed E-state index contributed by atoms with van der Waals surface area (Å²) in [4.78, 5) is 30.7. The molecule has 4 rings (SSSR count). The highest BCUT2D eigenvalue weighted by Gasteiger charge is 2.33. The molecule has 1 amide bonds. The van der Waals surface area contributed by atoms with Crippen LogP contribution in [0.4, 0.5) is 11.4 Å². The molecule has 29 heavy (non-hydrogen) atoms. The minimum absolute atomic E-state index is 0.0310. The number of non-ortho nitro benzene ring substituents is 1. The number of carbonyl (C=O) groups is 1. The summed E-state index contributed by atoms with van der Waals surface area (Å²) in [6, 6.07) is 13.9. The molecule has 3 aromatic rings. The molecule has 1 aromatic heterocycles. The first-order valence-corrected chi connectivity index (χ1v) is 9.23. The molecule has 0 unspecified atom stereocenters. The number of benzene rings is 2. The maximum atomic E-state index is 12.7. The van der Waals surface area contributed by atoms with Gasteiger partial charge in [-0.15, -0.1) is 0 Å². The molecule has 2 aromatic carbocycles. The fourth-order valence-electron chi connectivity index (χ4n) is 3.36. The number of nitro groups is 1. The molecule has 0 aliphatic carbocycles. The van der Waals surface area contributed by atoms with Gasteiger partial charge in [0.2, 0.25) is 0 Å². The average molecular weight is 389 g/mol. The molecule has 146 valence electrons. The first-order chi connectivity index (χ1) is 14.0. The van der Waals surface area contributed by atoms with E-state index in [0.29, 0.717) is 17.9 Å². The number of nitrogens with one attached hydrogen (secondary N) is 1. The molecule has 0 saturated carbocycles. The second-order valence-corrected chi connectivity index (χ2v) is 6.81. The molecule has 0 spiro atoms. The zero-order valence-electron chi connectivity index (χ0n) is 15.8. The largest absolute Gasteiger partial charge is 0.361 e. The smallest absolute Gasteiger partial charge is 0.269 e. The molecule has 0 fully saturated rings. The number of para-hydroxylation sites is 1. The number of nitrogens with zero attached hydrogens (tertiary/aromatic N) is 4. The van der Waals surface area contributed by atoms with E-state index in [4.69, 9.17) is 0 Å². The van der Waals surface area contributed by atoms with Gasteiger partial charge >= 0.3 is 0 Å². The number of carbonyl (C=O) groups excluding carboxylic acids is 1. The normalized spacial score (nSPS) is 16.7. The van der Waals surface area contributed by atoms with Gasteiger partial charge in [-0.1, -0.05) is 18.2 Å². The van der Waals surface area contributed by atoms with Crippen molar-refractivity contribution in [1.29, 1.82) is 0 Å². The van der Waals surface area contributed by atoms with Crippen LogP contribution in [0.1, 0.15) is 12.5 Å². The number of anilines is 1. The van der Waals surface area contributed by atoms with Crippen molar-refractivity contribution >= 4 is 40.1 Å². The Kier molecular flexibility index (Phi) is 4.90. The molecule has 1 atom stereocenters. The topological polar surface area (TPSA) is 104 Å². The minimum atomic E-state index is -0.520. The van der Waals surface area contributed by atoms with Gasteiger partial charge < -0.3 is 4.98 Å². The van der Waals surface area contributed by atoms with E-state index in [2.05, 4.69) is 21.1 Å². The molecular weight excluding hydrogens is 370 g/mol. The van der Waals surface area contributed by atoms with Crippen molar-refractivity contribution in [3.8, 4) is 0 Å². The van der Waals surface area contributed by atoms with Crippen LogP contribution in [0.5, 0.6) is 0 Å². The quantitative estimate of drug-likeness (QED) is 0.394. The highest BCUT2D eigenvalue weighted by atomic mass is 16.6. The number of fused-ring (bicyclic) bond motifs is 1. The average Bonchev–Trinajstić information content (AvgIpc) is 3.26. The Hall–Kier alpha value is -3.81. The fraction of sp³-hybridized carbons (Fsp3) is 0.190. The van der Waals surface area contributed by atoms with E-state index in [9.17, 15) is 14.9 Å². The van der Waals surface area contributed by atoms with Crippen molar-refractivity contribution in [1.82, 2.24) is 4.98 Å². The van der Waals surface area contributed by atoms with Gasteiger partial charge in [-0.25, -0.2) is 0 Å². The number of nitro benzene ring substituents is 1. The van der Waals surface area contributed by atoms with E-state index in [1.54, 1.807) is 13.1 Å². The zero-order chi connectivity index (χ0) is 20.4. The van der Waals surface area contributed by atoms with E-state index >= 15 is 0 Å². The van der Waals surface area contributed by atoms with Crippen LogP contribution in [0.15, 0.2) is 64.8 Å². The molecular formula is C21H19N5O3. The van der Waals surface area contributed by atoms with E-state index < -0.39 is 10.8 Å². The van der Waals surface area contributed by atoms with Gasteiger partial charge in [-0.2, -0.15) is 10.1 Å². The molecule has 0 saturated heterocycles. The van der Waals surface area contributed by atoms with Crippen molar-refractivity contribution in [2.45, 2.75) is 13.3 Å². The number of hydrogen-bond donors (Lipinski definition) is 1. The van der Waals surface area contributed by atoms with Crippen LogP contribution in [0.3, 0.4) is 0 Å². The van der Waals surface area contributed by atoms with Crippen LogP contribution in [0.2, 0.25) is 0 Å². The Morgan fingerprint density at radius 3 is 2.76 bits per heavy atom. The van der Waals surface area contributed by atoms with Crippen molar-refractivity contribution in [3.05, 3.63) is 70.4 Å². The molecule has 0 radical (unpaired) electrons. The minimum Gasteiger partial charge on any atom is -0.361 e. The summed E-state index contributed by atoms with van der Waals surface area (Å²) in [5.74, 6) is -0.736. The summed E-state index contributed by atoms with van der Waals surface area (Å²) in [6.07, 6.45) is 4.40. The van der Waals surface area contributed by atoms with Gasteiger partial charge in [-0.3, -0.25) is 19.9 Å². The number of amides is 1. The third kappa shape index (κ3) is 3.64. The van der Waals surface area contributed by atoms with Gasteiger partial charge in [-0.05, 0) is 37.1 Å². The standard InChI is InChI=1S/C21H19N5O3/c1-14-19(13-22-11-10-15-12-23-20-5-3-2-4-18(15)20)21(27)25(24-14)16-6-8-17(9-7-16)26(28)29/h2-9,12-13,19,23H,10-11H2,1H3/t19-/m1/s1. The lowest BCUT2D eigenvalue weighted by molar-refractivity contribution is -0.384. The highest BCUT2D eigenvalue weighted by molar-refractivity contribution is 6.23. The number of H-pyrrole nitrogens is 1. The van der Waals surface area contributed by atoms with Crippen molar-refractivity contribution in [2.75, 3.05) is 11.6 Å². The number of aliphatic imine (C=N–C) groups is 1. The first kappa shape index (κ1) is 18.5. The molecule has 1 aliphatic heterocycles. The van der Waals surface area contributed by atoms with E-state index in [1.165, 1.54) is 40.2 Å². The summed E-state index contributed by atoms with van der Waals surface area (Å²) in [7, 11) is 0. The molecule has 8 heteroatoms. The van der Waals surface area contributed by atoms with E-state index in [0.717, 1.165) is 11.9 Å². The Bertz CT molecular complexity index is 1130. The lowest BCUT2D eigenvalue weighted by Crippen LogP contribution is -2.28. The highest BCUT2D eigenvalue weighted by Crippen LogP contribution is 2.25. The maximum absolute atomic E-state index is 12.7. The van der Waals surface area contributed by atoms with Crippen LogP contribution in [0.25, 0.3) is 10.9 Å². The molecule has 1 N–H and O–H groups in total. The lowest BCUT2D eigenvalue weighted by Gasteiger charge is -2.12. The van der Waals surface area contributed by atoms with Crippen molar-refractivity contribution < 1.29 is 9.72 Å².